The van der Waals surface area contributed by atoms with Crippen molar-refractivity contribution in [1.82, 2.24) is 14.3 Å². The van der Waals surface area contributed by atoms with Crippen molar-refractivity contribution in [3.8, 4) is 28.7 Å². The molecule has 5 aromatic rings. The third-order valence-corrected chi connectivity index (χ3v) is 6.41. The Labute approximate surface area is 222 Å². The maximum Gasteiger partial charge on any atom is 0.284 e. The van der Waals surface area contributed by atoms with Gasteiger partial charge in [-0.05, 0) is 43.3 Å². The van der Waals surface area contributed by atoms with Gasteiger partial charge < -0.3 is 20.1 Å². The van der Waals surface area contributed by atoms with Crippen LogP contribution in [-0.2, 0) is 7.05 Å². The fourth-order valence-corrected chi connectivity index (χ4v) is 4.40. The Balaban J connectivity index is 1.23. The number of rotatable bonds is 5. The molecule has 3 heterocycles. The highest BCUT2D eigenvalue weighted by Crippen LogP contribution is 2.46. The number of amides is 1. The lowest BCUT2D eigenvalue weighted by Gasteiger charge is -2.22. The molecule has 1 amide bonds. The first-order chi connectivity index (χ1) is 18.9. The normalized spacial score (nSPS) is 11.6. The van der Waals surface area contributed by atoms with Crippen LogP contribution >= 0.6 is 0 Å². The largest absolute Gasteiger partial charge is 0.450 e. The molecule has 0 bridgehead atoms. The van der Waals surface area contributed by atoms with Crippen LogP contribution in [0.4, 0.5) is 21.6 Å². The summed E-state index contributed by atoms with van der Waals surface area (Å²) in [5.41, 5.74) is 1.51. The molecule has 1 aliphatic rings. The number of ether oxygens (including phenoxy) is 2. The highest BCUT2D eigenvalue weighted by Gasteiger charge is 2.24. The van der Waals surface area contributed by atoms with Gasteiger partial charge in [-0.15, -0.1) is 0 Å². The van der Waals surface area contributed by atoms with E-state index in [2.05, 4.69) is 15.6 Å². The number of fused-ring (bicyclic) bond motifs is 2. The van der Waals surface area contributed by atoms with Crippen LogP contribution in [0, 0.1) is 12.7 Å². The summed E-state index contributed by atoms with van der Waals surface area (Å²) in [7, 11) is 1.70. The van der Waals surface area contributed by atoms with Crippen LogP contribution in [0.3, 0.4) is 0 Å². The second kappa shape index (κ2) is 9.49. The Morgan fingerprint density at radius 2 is 1.79 bits per heavy atom. The van der Waals surface area contributed by atoms with Crippen molar-refractivity contribution in [2.24, 2.45) is 7.05 Å². The van der Waals surface area contributed by atoms with Crippen molar-refractivity contribution in [3.63, 3.8) is 0 Å². The van der Waals surface area contributed by atoms with Crippen LogP contribution in [-0.4, -0.2) is 20.3 Å². The first-order valence-corrected chi connectivity index (χ1v) is 12.1. The molecule has 0 spiro atoms. The number of nitrogens with zero attached hydrogens (tertiary/aromatic N) is 3. The summed E-state index contributed by atoms with van der Waals surface area (Å²) in [6.45, 7) is 1.68. The number of anilines is 3. The lowest BCUT2D eigenvalue weighted by Crippen LogP contribution is -2.25. The standard InChI is InChI=1S/C29H22FN5O4/c1-17-25(29(37)35(34(17)2)19-8-4-3-5-9-19)28(36)32-18-12-13-22(20(30)16-18)38-24-14-15-31-27-26(24)39-23-11-7-6-10-21(23)33-27/h3-16H,1-2H3,(H,31,33)(H,32,36). The number of hydrogen-bond donors (Lipinski definition) is 2. The van der Waals surface area contributed by atoms with E-state index in [1.54, 1.807) is 55.1 Å². The second-order valence-corrected chi connectivity index (χ2v) is 8.85. The van der Waals surface area contributed by atoms with Crippen molar-refractivity contribution in [2.75, 3.05) is 10.6 Å². The molecule has 194 valence electrons. The van der Waals surface area contributed by atoms with Crippen LogP contribution < -0.4 is 25.7 Å². The number of para-hydroxylation sites is 3. The van der Waals surface area contributed by atoms with Crippen molar-refractivity contribution < 1.29 is 18.7 Å². The average molecular weight is 524 g/mol. The molecular weight excluding hydrogens is 501 g/mol. The van der Waals surface area contributed by atoms with E-state index in [9.17, 15) is 9.59 Å². The van der Waals surface area contributed by atoms with Gasteiger partial charge in [0.25, 0.3) is 11.5 Å². The lowest BCUT2D eigenvalue weighted by atomic mass is 10.2. The molecular formula is C29H22FN5O4. The number of pyridine rings is 1. The minimum absolute atomic E-state index is 0.0320. The van der Waals surface area contributed by atoms with Gasteiger partial charge in [-0.1, -0.05) is 30.3 Å². The molecule has 0 saturated heterocycles. The number of halogens is 1. The van der Waals surface area contributed by atoms with E-state index < -0.39 is 17.3 Å². The maximum atomic E-state index is 15.1. The third-order valence-electron chi connectivity index (χ3n) is 6.41. The number of nitrogens with one attached hydrogen (secondary N) is 2. The van der Waals surface area contributed by atoms with Gasteiger partial charge in [-0.2, -0.15) is 0 Å². The predicted molar refractivity (Wildman–Crippen MR) is 144 cm³/mol. The van der Waals surface area contributed by atoms with Crippen LogP contribution in [0.2, 0.25) is 0 Å². The number of hydrogen-bond acceptors (Lipinski definition) is 6. The Kier molecular flexibility index (Phi) is 5.84. The Morgan fingerprint density at radius 1 is 1.03 bits per heavy atom. The fraction of sp³-hybridized carbons (Fsp3) is 0.0690. The fourth-order valence-electron chi connectivity index (χ4n) is 4.40. The molecule has 0 fully saturated rings. The van der Waals surface area contributed by atoms with E-state index >= 15 is 4.39 Å². The number of benzene rings is 3. The van der Waals surface area contributed by atoms with Crippen LogP contribution in [0.25, 0.3) is 5.69 Å². The molecule has 1 aliphatic heterocycles. The molecule has 0 aliphatic carbocycles. The Hall–Kier alpha value is -5.38. The first-order valence-electron chi connectivity index (χ1n) is 12.1. The number of aromatic nitrogens is 3. The van der Waals surface area contributed by atoms with Gasteiger partial charge in [-0.3, -0.25) is 14.3 Å². The Bertz CT molecular complexity index is 1800. The summed E-state index contributed by atoms with van der Waals surface area (Å²) in [6, 6.07) is 21.9. The molecule has 0 unspecified atom stereocenters. The van der Waals surface area contributed by atoms with Crippen LogP contribution in [0.15, 0.2) is 89.9 Å². The molecule has 0 atom stereocenters. The van der Waals surface area contributed by atoms with E-state index in [0.29, 0.717) is 28.7 Å². The lowest BCUT2D eigenvalue weighted by molar-refractivity contribution is 0.102. The molecule has 9 nitrogen and oxygen atoms in total. The molecule has 10 heteroatoms. The topological polar surface area (TPSA) is 99.4 Å². The van der Waals surface area contributed by atoms with Crippen molar-refractivity contribution >= 4 is 23.1 Å². The molecule has 0 saturated carbocycles. The van der Waals surface area contributed by atoms with Gasteiger partial charge in [0.15, 0.2) is 28.9 Å². The van der Waals surface area contributed by atoms with Crippen molar-refractivity contribution in [2.45, 2.75) is 6.92 Å². The summed E-state index contributed by atoms with van der Waals surface area (Å²) in [5, 5.41) is 5.79. The Morgan fingerprint density at radius 3 is 2.59 bits per heavy atom. The monoisotopic (exact) mass is 523 g/mol. The summed E-state index contributed by atoms with van der Waals surface area (Å²) in [4.78, 5) is 30.5. The van der Waals surface area contributed by atoms with E-state index in [1.165, 1.54) is 23.0 Å². The van der Waals surface area contributed by atoms with Crippen LogP contribution in [0.1, 0.15) is 16.1 Å². The quantitative estimate of drug-likeness (QED) is 0.291. The van der Waals surface area contributed by atoms with Gasteiger partial charge >= 0.3 is 0 Å². The molecule has 2 N–H and O–H groups in total. The van der Waals surface area contributed by atoms with Gasteiger partial charge in [0.2, 0.25) is 5.75 Å². The van der Waals surface area contributed by atoms with E-state index in [4.69, 9.17) is 9.47 Å². The van der Waals surface area contributed by atoms with Gasteiger partial charge in [0.05, 0.1) is 17.1 Å². The minimum atomic E-state index is -0.714. The second-order valence-electron chi connectivity index (χ2n) is 8.85. The molecule has 0 radical (unpaired) electrons. The molecule has 3 aromatic carbocycles. The van der Waals surface area contributed by atoms with Gasteiger partial charge in [-0.25, -0.2) is 14.1 Å². The highest BCUT2D eigenvalue weighted by molar-refractivity contribution is 6.05. The van der Waals surface area contributed by atoms with Crippen molar-refractivity contribution in [3.05, 3.63) is 112 Å². The molecule has 2 aromatic heterocycles. The van der Waals surface area contributed by atoms with Gasteiger partial charge in [0.1, 0.15) is 5.56 Å². The summed E-state index contributed by atoms with van der Waals surface area (Å²) < 4.78 is 29.9. The predicted octanol–water partition coefficient (Wildman–Crippen LogP) is 5.91. The molecule has 39 heavy (non-hydrogen) atoms. The summed E-state index contributed by atoms with van der Waals surface area (Å²) >= 11 is 0. The SMILES string of the molecule is Cc1c(C(=O)Nc2ccc(Oc3ccnc4c3Oc3ccccc3N4)c(F)c2)c(=O)n(-c2ccccc2)n1C. The first kappa shape index (κ1) is 24.0. The van der Waals surface area contributed by atoms with Gasteiger partial charge in [0, 0.05) is 31.1 Å². The van der Waals surface area contributed by atoms with E-state index in [-0.39, 0.29) is 22.7 Å². The smallest absolute Gasteiger partial charge is 0.284 e. The zero-order valence-corrected chi connectivity index (χ0v) is 20.9. The number of carbonyl (C=O) groups excluding carboxylic acids is 1. The summed E-state index contributed by atoms with van der Waals surface area (Å²) in [5.74, 6) is 0.178. The third kappa shape index (κ3) is 4.27. The highest BCUT2D eigenvalue weighted by atomic mass is 19.1. The number of carbonyl (C=O) groups is 1. The zero-order chi connectivity index (χ0) is 27.1. The maximum absolute atomic E-state index is 15.1. The zero-order valence-electron chi connectivity index (χ0n) is 20.9. The van der Waals surface area contributed by atoms with Crippen LogP contribution in [0.5, 0.6) is 23.0 Å². The van der Waals surface area contributed by atoms with Crippen molar-refractivity contribution in [1.29, 1.82) is 0 Å². The minimum Gasteiger partial charge on any atom is -0.450 e. The average Bonchev–Trinajstić information content (AvgIpc) is 3.17. The molecule has 6 rings (SSSR count). The van der Waals surface area contributed by atoms with E-state index in [0.717, 1.165) is 11.8 Å². The summed E-state index contributed by atoms with van der Waals surface area (Å²) in [6.07, 6.45) is 1.52. The van der Waals surface area contributed by atoms with E-state index in [1.807, 2.05) is 24.3 Å².